The Kier molecular flexibility index (Phi) is 6.00. The van der Waals surface area contributed by atoms with Crippen molar-refractivity contribution >= 4 is 5.91 Å². The van der Waals surface area contributed by atoms with Gasteiger partial charge in [0.25, 0.3) is 5.91 Å². The van der Waals surface area contributed by atoms with Gasteiger partial charge in [-0.3, -0.25) is 4.79 Å². The molecule has 0 aromatic heterocycles. The van der Waals surface area contributed by atoms with Gasteiger partial charge in [0.1, 0.15) is 0 Å². The number of carbonyl (C=O) groups excluding carboxylic acids is 1. The highest BCUT2D eigenvalue weighted by atomic mass is 16.5. The first-order valence-corrected chi connectivity index (χ1v) is 5.93. The minimum absolute atomic E-state index is 0.100. The van der Waals surface area contributed by atoms with Gasteiger partial charge < -0.3 is 19.9 Å². The number of aliphatic hydroxyl groups excluding tert-OH is 1. The van der Waals surface area contributed by atoms with Crippen LogP contribution < -0.4 is 14.8 Å². The van der Waals surface area contributed by atoms with Gasteiger partial charge in [-0.05, 0) is 26.0 Å². The van der Waals surface area contributed by atoms with E-state index in [9.17, 15) is 4.79 Å². The van der Waals surface area contributed by atoms with E-state index in [4.69, 9.17) is 14.6 Å². The van der Waals surface area contributed by atoms with Crippen LogP contribution in [0.2, 0.25) is 0 Å². The van der Waals surface area contributed by atoms with Crippen molar-refractivity contribution in [1.82, 2.24) is 5.32 Å². The first-order chi connectivity index (χ1) is 8.63. The molecular weight excluding hydrogens is 234 g/mol. The molecule has 0 unspecified atom stereocenters. The van der Waals surface area contributed by atoms with Crippen LogP contribution in [0.15, 0.2) is 24.3 Å². The summed E-state index contributed by atoms with van der Waals surface area (Å²) in [5, 5.41) is 11.6. The number of hydrogen-bond acceptors (Lipinski definition) is 4. The summed E-state index contributed by atoms with van der Waals surface area (Å²) in [6.07, 6.45) is -0.565. The van der Waals surface area contributed by atoms with Crippen LogP contribution in [0.25, 0.3) is 0 Å². The molecule has 2 N–H and O–H groups in total. The fourth-order valence-electron chi connectivity index (χ4n) is 1.30. The van der Waals surface area contributed by atoms with Gasteiger partial charge in [-0.15, -0.1) is 0 Å². The molecule has 0 aliphatic heterocycles. The summed E-state index contributed by atoms with van der Waals surface area (Å²) >= 11 is 0. The minimum atomic E-state index is -0.565. The highest BCUT2D eigenvalue weighted by Gasteiger charge is 2.07. The van der Waals surface area contributed by atoms with Crippen LogP contribution in [0.1, 0.15) is 13.8 Å². The van der Waals surface area contributed by atoms with Gasteiger partial charge in [-0.2, -0.15) is 0 Å². The topological polar surface area (TPSA) is 67.8 Å². The monoisotopic (exact) mass is 253 g/mol. The highest BCUT2D eigenvalue weighted by Crippen LogP contribution is 2.26. The lowest BCUT2D eigenvalue weighted by Gasteiger charge is -2.12. The molecule has 0 saturated heterocycles. The van der Waals surface area contributed by atoms with Gasteiger partial charge in [0.15, 0.2) is 18.1 Å². The summed E-state index contributed by atoms with van der Waals surface area (Å²) in [7, 11) is 0. The van der Waals surface area contributed by atoms with Crippen molar-refractivity contribution in [3.63, 3.8) is 0 Å². The van der Waals surface area contributed by atoms with Crippen molar-refractivity contribution in [2.75, 3.05) is 19.8 Å². The SMILES string of the molecule is CCOc1ccccc1OCC(=O)NC[C@H](C)O. The summed E-state index contributed by atoms with van der Waals surface area (Å²) in [4.78, 5) is 11.4. The number of rotatable bonds is 7. The minimum Gasteiger partial charge on any atom is -0.490 e. The number of ether oxygens (including phenoxy) is 2. The van der Waals surface area contributed by atoms with Crippen molar-refractivity contribution in [2.45, 2.75) is 20.0 Å². The number of carbonyl (C=O) groups is 1. The third-order valence-corrected chi connectivity index (χ3v) is 2.10. The first kappa shape index (κ1) is 14.3. The lowest BCUT2D eigenvalue weighted by atomic mass is 10.3. The summed E-state index contributed by atoms with van der Waals surface area (Å²) in [5.41, 5.74) is 0. The van der Waals surface area contributed by atoms with Gasteiger partial charge in [-0.25, -0.2) is 0 Å². The molecule has 18 heavy (non-hydrogen) atoms. The van der Waals surface area contributed by atoms with Crippen LogP contribution in [-0.2, 0) is 4.79 Å². The van der Waals surface area contributed by atoms with E-state index in [0.29, 0.717) is 18.1 Å². The molecule has 1 atom stereocenters. The van der Waals surface area contributed by atoms with Crippen LogP contribution in [0.3, 0.4) is 0 Å². The second kappa shape index (κ2) is 7.55. The smallest absolute Gasteiger partial charge is 0.258 e. The first-order valence-electron chi connectivity index (χ1n) is 5.93. The van der Waals surface area contributed by atoms with Gasteiger partial charge in [0.05, 0.1) is 12.7 Å². The van der Waals surface area contributed by atoms with Crippen LogP contribution in [0.5, 0.6) is 11.5 Å². The molecule has 1 aromatic rings. The maximum Gasteiger partial charge on any atom is 0.258 e. The van der Waals surface area contributed by atoms with Crippen LogP contribution in [0.4, 0.5) is 0 Å². The second-order valence-corrected chi connectivity index (χ2v) is 3.82. The summed E-state index contributed by atoms with van der Waals surface area (Å²) < 4.78 is 10.7. The van der Waals surface area contributed by atoms with E-state index in [2.05, 4.69) is 5.32 Å². The van der Waals surface area contributed by atoms with Crippen LogP contribution in [-0.4, -0.2) is 36.9 Å². The van der Waals surface area contributed by atoms with Gasteiger partial charge in [0, 0.05) is 6.54 Å². The van der Waals surface area contributed by atoms with E-state index in [1.54, 1.807) is 19.1 Å². The Labute approximate surface area is 107 Å². The van der Waals surface area contributed by atoms with E-state index < -0.39 is 6.10 Å². The molecule has 0 spiro atoms. The maximum atomic E-state index is 11.4. The number of hydrogen-bond donors (Lipinski definition) is 2. The average molecular weight is 253 g/mol. The number of nitrogens with one attached hydrogen (secondary N) is 1. The average Bonchev–Trinajstić information content (AvgIpc) is 2.35. The maximum absolute atomic E-state index is 11.4. The number of amides is 1. The van der Waals surface area contributed by atoms with E-state index >= 15 is 0 Å². The fraction of sp³-hybridized carbons (Fsp3) is 0.462. The molecule has 100 valence electrons. The summed E-state index contributed by atoms with van der Waals surface area (Å²) in [6, 6.07) is 7.18. The summed E-state index contributed by atoms with van der Waals surface area (Å²) in [5.74, 6) is 0.872. The standard InChI is InChI=1S/C13H19NO4/c1-3-17-11-6-4-5-7-12(11)18-9-13(16)14-8-10(2)15/h4-7,10,15H,3,8-9H2,1-2H3,(H,14,16)/t10-/m0/s1. The van der Waals surface area contributed by atoms with Gasteiger partial charge in [-0.1, -0.05) is 12.1 Å². The Hall–Kier alpha value is -1.75. The number of para-hydroxylation sites is 2. The van der Waals surface area contributed by atoms with E-state index in [1.165, 1.54) is 0 Å². The number of benzene rings is 1. The Balaban J connectivity index is 2.45. The Morgan fingerprint density at radius 2 is 1.94 bits per heavy atom. The highest BCUT2D eigenvalue weighted by molar-refractivity contribution is 5.77. The van der Waals surface area contributed by atoms with Crippen molar-refractivity contribution in [2.24, 2.45) is 0 Å². The van der Waals surface area contributed by atoms with Crippen LogP contribution in [0, 0.1) is 0 Å². The molecule has 0 aliphatic carbocycles. The van der Waals surface area contributed by atoms with Gasteiger partial charge >= 0.3 is 0 Å². The fourth-order valence-corrected chi connectivity index (χ4v) is 1.30. The van der Waals surface area contributed by atoms with Crippen LogP contribution >= 0.6 is 0 Å². The molecule has 0 bridgehead atoms. The quantitative estimate of drug-likeness (QED) is 0.759. The normalized spacial score (nSPS) is 11.7. The van der Waals surface area contributed by atoms with E-state index in [0.717, 1.165) is 0 Å². The lowest BCUT2D eigenvalue weighted by molar-refractivity contribution is -0.123. The predicted octanol–water partition coefficient (Wildman–Crippen LogP) is 0.961. The molecule has 1 aromatic carbocycles. The zero-order chi connectivity index (χ0) is 13.4. The molecule has 0 radical (unpaired) electrons. The molecule has 5 nitrogen and oxygen atoms in total. The molecule has 1 amide bonds. The third-order valence-electron chi connectivity index (χ3n) is 2.10. The molecule has 5 heteroatoms. The zero-order valence-electron chi connectivity index (χ0n) is 10.7. The number of aliphatic hydroxyl groups is 1. The largest absolute Gasteiger partial charge is 0.490 e. The Bertz CT molecular complexity index is 379. The third kappa shape index (κ3) is 5.05. The molecule has 0 heterocycles. The van der Waals surface area contributed by atoms with Crippen molar-refractivity contribution < 1.29 is 19.4 Å². The molecule has 0 saturated carbocycles. The molecule has 1 rings (SSSR count). The molecule has 0 fully saturated rings. The predicted molar refractivity (Wildman–Crippen MR) is 67.8 cm³/mol. The Morgan fingerprint density at radius 3 is 2.50 bits per heavy atom. The van der Waals surface area contributed by atoms with Crippen molar-refractivity contribution in [3.8, 4) is 11.5 Å². The Morgan fingerprint density at radius 1 is 1.33 bits per heavy atom. The van der Waals surface area contributed by atoms with Crippen molar-refractivity contribution in [1.29, 1.82) is 0 Å². The second-order valence-electron chi connectivity index (χ2n) is 3.82. The molecule has 0 aliphatic rings. The van der Waals surface area contributed by atoms with E-state index in [1.807, 2.05) is 19.1 Å². The van der Waals surface area contributed by atoms with Crippen molar-refractivity contribution in [3.05, 3.63) is 24.3 Å². The lowest BCUT2D eigenvalue weighted by Crippen LogP contribution is -2.34. The zero-order valence-corrected chi connectivity index (χ0v) is 10.7. The van der Waals surface area contributed by atoms with Gasteiger partial charge in [0.2, 0.25) is 0 Å². The molecular formula is C13H19NO4. The van der Waals surface area contributed by atoms with E-state index in [-0.39, 0.29) is 19.1 Å². The summed E-state index contributed by atoms with van der Waals surface area (Å²) in [6.45, 7) is 4.14.